The Hall–Kier alpha value is -2.50. The first-order valence-electron chi connectivity index (χ1n) is 6.38. The normalized spacial score (nSPS) is 10.3. The Morgan fingerprint density at radius 2 is 2.20 bits per heavy atom. The maximum atomic E-state index is 12.1. The zero-order valence-corrected chi connectivity index (χ0v) is 11.8. The molecule has 0 saturated heterocycles. The summed E-state index contributed by atoms with van der Waals surface area (Å²) < 4.78 is 5.40. The fraction of sp³-hybridized carbons (Fsp3) is 0.286. The van der Waals surface area contributed by atoms with Crippen molar-refractivity contribution in [1.82, 2.24) is 10.2 Å². The lowest BCUT2D eigenvalue weighted by Crippen LogP contribution is -2.15. The van der Waals surface area contributed by atoms with Crippen molar-refractivity contribution in [3.8, 4) is 5.75 Å². The fourth-order valence-corrected chi connectivity index (χ4v) is 1.83. The van der Waals surface area contributed by atoms with Gasteiger partial charge < -0.3 is 15.8 Å². The molecule has 0 spiro atoms. The molecule has 0 saturated carbocycles. The smallest absolute Gasteiger partial charge is 0.278 e. The Balaban J connectivity index is 2.18. The number of hydrogen-bond donors (Lipinski definition) is 3. The van der Waals surface area contributed by atoms with Crippen molar-refractivity contribution in [2.24, 2.45) is 0 Å². The van der Waals surface area contributed by atoms with E-state index in [1.165, 1.54) is 0 Å². The zero-order valence-electron chi connectivity index (χ0n) is 11.8. The maximum absolute atomic E-state index is 12.1. The summed E-state index contributed by atoms with van der Waals surface area (Å²) in [5, 5.41) is 9.38. The topological polar surface area (TPSA) is 93.0 Å². The van der Waals surface area contributed by atoms with E-state index in [0.717, 1.165) is 11.3 Å². The Bertz CT molecular complexity index is 634. The summed E-state index contributed by atoms with van der Waals surface area (Å²) in [4.78, 5) is 12.1. The second-order valence-electron chi connectivity index (χ2n) is 4.47. The van der Waals surface area contributed by atoms with Gasteiger partial charge in [-0.1, -0.05) is 0 Å². The summed E-state index contributed by atoms with van der Waals surface area (Å²) in [5.74, 6) is 0.442. The number of nitrogen functional groups attached to an aromatic ring is 1. The van der Waals surface area contributed by atoms with Crippen molar-refractivity contribution in [3.63, 3.8) is 0 Å². The van der Waals surface area contributed by atoms with E-state index in [1.807, 2.05) is 26.0 Å². The number of carbonyl (C=O) groups excluding carboxylic acids is 1. The SMILES string of the molecule is CCOc1ccc(NC(=O)c2n[nH]c(C)c2N)c(C)c1. The molecular formula is C14H18N4O2. The van der Waals surface area contributed by atoms with Crippen LogP contribution in [0.3, 0.4) is 0 Å². The number of aromatic nitrogens is 2. The minimum Gasteiger partial charge on any atom is -0.494 e. The highest BCUT2D eigenvalue weighted by molar-refractivity contribution is 6.06. The molecule has 1 heterocycles. The van der Waals surface area contributed by atoms with Crippen LogP contribution in [0.5, 0.6) is 5.75 Å². The monoisotopic (exact) mass is 274 g/mol. The summed E-state index contributed by atoms with van der Waals surface area (Å²) in [6, 6.07) is 5.48. The number of anilines is 2. The predicted molar refractivity (Wildman–Crippen MR) is 78.0 cm³/mol. The number of H-pyrrole nitrogens is 1. The molecule has 0 fully saturated rings. The molecule has 0 aliphatic heterocycles. The van der Waals surface area contributed by atoms with Gasteiger partial charge in [0.1, 0.15) is 5.75 Å². The van der Waals surface area contributed by atoms with Gasteiger partial charge >= 0.3 is 0 Å². The Morgan fingerprint density at radius 1 is 1.45 bits per heavy atom. The number of amides is 1. The third kappa shape index (κ3) is 2.74. The highest BCUT2D eigenvalue weighted by Crippen LogP contribution is 2.22. The number of hydrogen-bond acceptors (Lipinski definition) is 4. The van der Waals surface area contributed by atoms with Crippen LogP contribution in [0.15, 0.2) is 18.2 Å². The summed E-state index contributed by atoms with van der Waals surface area (Å²) >= 11 is 0. The highest BCUT2D eigenvalue weighted by atomic mass is 16.5. The molecule has 0 unspecified atom stereocenters. The molecule has 1 aromatic carbocycles. The molecule has 2 aromatic rings. The number of aryl methyl sites for hydroxylation is 2. The number of nitrogens with one attached hydrogen (secondary N) is 2. The number of ether oxygens (including phenoxy) is 1. The van der Waals surface area contributed by atoms with Crippen LogP contribution in [0.1, 0.15) is 28.7 Å². The van der Waals surface area contributed by atoms with Crippen LogP contribution < -0.4 is 15.8 Å². The second-order valence-corrected chi connectivity index (χ2v) is 4.47. The summed E-state index contributed by atoms with van der Waals surface area (Å²) in [6.45, 7) is 6.19. The Kier molecular flexibility index (Phi) is 3.93. The quantitative estimate of drug-likeness (QED) is 0.797. The van der Waals surface area contributed by atoms with Gasteiger partial charge in [-0.25, -0.2) is 0 Å². The van der Waals surface area contributed by atoms with E-state index in [2.05, 4.69) is 15.5 Å². The van der Waals surface area contributed by atoms with Gasteiger partial charge in [-0.05, 0) is 44.5 Å². The average Bonchev–Trinajstić information content (AvgIpc) is 2.74. The largest absolute Gasteiger partial charge is 0.494 e. The predicted octanol–water partition coefficient (Wildman–Crippen LogP) is 2.26. The van der Waals surface area contributed by atoms with Crippen molar-refractivity contribution in [3.05, 3.63) is 35.2 Å². The van der Waals surface area contributed by atoms with E-state index < -0.39 is 0 Å². The average molecular weight is 274 g/mol. The van der Waals surface area contributed by atoms with Crippen LogP contribution >= 0.6 is 0 Å². The third-order valence-electron chi connectivity index (χ3n) is 2.97. The van der Waals surface area contributed by atoms with Gasteiger partial charge in [0.05, 0.1) is 18.0 Å². The molecule has 0 aliphatic rings. The van der Waals surface area contributed by atoms with Crippen LogP contribution in [-0.2, 0) is 0 Å². The maximum Gasteiger partial charge on any atom is 0.278 e. The number of aromatic amines is 1. The molecular weight excluding hydrogens is 256 g/mol. The van der Waals surface area contributed by atoms with Crippen LogP contribution in [0.4, 0.5) is 11.4 Å². The zero-order chi connectivity index (χ0) is 14.7. The van der Waals surface area contributed by atoms with Crippen LogP contribution in [0.25, 0.3) is 0 Å². The van der Waals surface area contributed by atoms with Crippen molar-refractivity contribution < 1.29 is 9.53 Å². The fourth-order valence-electron chi connectivity index (χ4n) is 1.83. The summed E-state index contributed by atoms with van der Waals surface area (Å²) in [7, 11) is 0. The summed E-state index contributed by atoms with van der Waals surface area (Å²) in [5.41, 5.74) is 8.65. The van der Waals surface area contributed by atoms with E-state index in [0.29, 0.717) is 23.7 Å². The summed E-state index contributed by atoms with van der Waals surface area (Å²) in [6.07, 6.45) is 0. The number of rotatable bonds is 4. The second kappa shape index (κ2) is 5.64. The lowest BCUT2D eigenvalue weighted by Gasteiger charge is -2.10. The molecule has 1 amide bonds. The van der Waals surface area contributed by atoms with Gasteiger partial charge in [-0.15, -0.1) is 0 Å². The lowest BCUT2D eigenvalue weighted by atomic mass is 10.2. The number of nitrogens with two attached hydrogens (primary N) is 1. The molecule has 0 radical (unpaired) electrons. The molecule has 2 rings (SSSR count). The van der Waals surface area contributed by atoms with Gasteiger partial charge in [-0.3, -0.25) is 9.89 Å². The molecule has 4 N–H and O–H groups in total. The van der Waals surface area contributed by atoms with Crippen molar-refractivity contribution in [1.29, 1.82) is 0 Å². The molecule has 0 atom stereocenters. The van der Waals surface area contributed by atoms with E-state index in [9.17, 15) is 4.79 Å². The van der Waals surface area contributed by atoms with E-state index in [1.54, 1.807) is 13.0 Å². The molecule has 20 heavy (non-hydrogen) atoms. The van der Waals surface area contributed by atoms with Gasteiger partial charge in [-0.2, -0.15) is 5.10 Å². The van der Waals surface area contributed by atoms with E-state index in [-0.39, 0.29) is 11.6 Å². The highest BCUT2D eigenvalue weighted by Gasteiger charge is 2.16. The van der Waals surface area contributed by atoms with E-state index >= 15 is 0 Å². The molecule has 106 valence electrons. The van der Waals surface area contributed by atoms with Crippen molar-refractivity contribution >= 4 is 17.3 Å². The first kappa shape index (κ1) is 13.9. The molecule has 1 aromatic heterocycles. The van der Waals surface area contributed by atoms with E-state index in [4.69, 9.17) is 10.5 Å². The third-order valence-corrected chi connectivity index (χ3v) is 2.97. The van der Waals surface area contributed by atoms with Gasteiger partial charge in [0.2, 0.25) is 0 Å². The van der Waals surface area contributed by atoms with Gasteiger partial charge in [0.25, 0.3) is 5.91 Å². The molecule has 0 bridgehead atoms. The molecule has 0 aliphatic carbocycles. The standard InChI is InChI=1S/C14H18N4O2/c1-4-20-10-5-6-11(8(2)7-10)16-14(19)13-12(15)9(3)17-18-13/h5-7H,4,15H2,1-3H3,(H,16,19)(H,17,18). The first-order chi connectivity index (χ1) is 9.52. The Labute approximate surface area is 117 Å². The lowest BCUT2D eigenvalue weighted by molar-refractivity contribution is 0.102. The number of benzene rings is 1. The van der Waals surface area contributed by atoms with Crippen LogP contribution in [0, 0.1) is 13.8 Å². The molecule has 6 heteroatoms. The molecule has 6 nitrogen and oxygen atoms in total. The minimum absolute atomic E-state index is 0.204. The van der Waals surface area contributed by atoms with Crippen LogP contribution in [0.2, 0.25) is 0 Å². The first-order valence-corrected chi connectivity index (χ1v) is 6.38. The number of carbonyl (C=O) groups is 1. The number of nitrogens with zero attached hydrogens (tertiary/aromatic N) is 1. The van der Waals surface area contributed by atoms with Gasteiger partial charge in [0, 0.05) is 5.69 Å². The van der Waals surface area contributed by atoms with Gasteiger partial charge in [0.15, 0.2) is 5.69 Å². The van der Waals surface area contributed by atoms with Crippen molar-refractivity contribution in [2.45, 2.75) is 20.8 Å². The van der Waals surface area contributed by atoms with Crippen molar-refractivity contribution in [2.75, 3.05) is 17.7 Å². The van der Waals surface area contributed by atoms with Crippen LogP contribution in [-0.4, -0.2) is 22.7 Å². The Morgan fingerprint density at radius 3 is 2.75 bits per heavy atom. The minimum atomic E-state index is -0.334.